The lowest BCUT2D eigenvalue weighted by Crippen LogP contribution is -2.27. The van der Waals surface area contributed by atoms with Gasteiger partial charge in [-0.2, -0.15) is 18.3 Å². The summed E-state index contributed by atoms with van der Waals surface area (Å²) in [6, 6.07) is 14.4. The van der Waals surface area contributed by atoms with Gasteiger partial charge in [0.25, 0.3) is 5.91 Å². The Labute approximate surface area is 205 Å². The molecule has 1 heterocycles. The molecule has 0 aliphatic heterocycles. The predicted octanol–water partition coefficient (Wildman–Crippen LogP) is 5.76. The van der Waals surface area contributed by atoms with Gasteiger partial charge in [-0.3, -0.25) is 9.59 Å². The van der Waals surface area contributed by atoms with Crippen molar-refractivity contribution in [3.05, 3.63) is 94.6 Å². The fourth-order valence-corrected chi connectivity index (χ4v) is 4.60. The molecule has 4 rings (SSSR count). The van der Waals surface area contributed by atoms with Crippen LogP contribution in [-0.2, 0) is 12.6 Å². The molecule has 1 aliphatic rings. The molecule has 1 N–H and O–H groups in total. The standard InChI is InChI=1S/C27H25F4N3O2/c28-20-5-3-4-17(16-20)14-15-32-26(36)24-13-12-23(33-34-24)18-8-10-19(11-9-18)25(35)21-6-1-2-7-22(21)27(29,30)31/h1-7,12-13,16,18-19H,8-11,14-15H2,(H,32,36). The third-order valence-electron chi connectivity index (χ3n) is 6.52. The molecule has 0 unspecified atom stereocenters. The quantitative estimate of drug-likeness (QED) is 0.331. The monoisotopic (exact) mass is 499 g/mol. The minimum absolute atomic E-state index is 0.0181. The minimum Gasteiger partial charge on any atom is -0.350 e. The highest BCUT2D eigenvalue weighted by atomic mass is 19.4. The zero-order valence-electron chi connectivity index (χ0n) is 19.4. The molecule has 1 aromatic heterocycles. The van der Waals surface area contributed by atoms with E-state index in [0.29, 0.717) is 44.3 Å². The van der Waals surface area contributed by atoms with Gasteiger partial charge in [0.15, 0.2) is 11.5 Å². The largest absolute Gasteiger partial charge is 0.417 e. The predicted molar refractivity (Wildman–Crippen MR) is 125 cm³/mol. The number of hydrogen-bond donors (Lipinski definition) is 1. The summed E-state index contributed by atoms with van der Waals surface area (Å²) in [7, 11) is 0. The van der Waals surface area contributed by atoms with Crippen LogP contribution in [0.4, 0.5) is 17.6 Å². The highest BCUT2D eigenvalue weighted by molar-refractivity contribution is 5.99. The Bertz CT molecular complexity index is 1220. The van der Waals surface area contributed by atoms with E-state index < -0.39 is 23.4 Å². The van der Waals surface area contributed by atoms with Crippen LogP contribution in [0.1, 0.15) is 69.3 Å². The molecule has 2 aromatic carbocycles. The van der Waals surface area contributed by atoms with Crippen molar-refractivity contribution in [2.24, 2.45) is 5.92 Å². The van der Waals surface area contributed by atoms with E-state index in [4.69, 9.17) is 0 Å². The number of Topliss-reactive ketones (excluding diaryl/α,β-unsaturated/α-hetero) is 1. The number of hydrogen-bond acceptors (Lipinski definition) is 4. The normalized spacial score (nSPS) is 18.0. The summed E-state index contributed by atoms with van der Waals surface area (Å²) in [6.45, 7) is 0.321. The van der Waals surface area contributed by atoms with Gasteiger partial charge in [-0.15, -0.1) is 5.10 Å². The topological polar surface area (TPSA) is 72.0 Å². The Morgan fingerprint density at radius 2 is 1.67 bits per heavy atom. The maximum absolute atomic E-state index is 13.3. The van der Waals surface area contributed by atoms with Crippen LogP contribution in [0.25, 0.3) is 0 Å². The molecule has 0 spiro atoms. The number of benzene rings is 2. The Kier molecular flexibility index (Phi) is 7.76. The molecule has 0 radical (unpaired) electrons. The van der Waals surface area contributed by atoms with Gasteiger partial charge in [-0.25, -0.2) is 4.39 Å². The highest BCUT2D eigenvalue weighted by Gasteiger charge is 2.37. The second-order valence-electron chi connectivity index (χ2n) is 8.94. The molecule has 1 fully saturated rings. The Morgan fingerprint density at radius 3 is 2.33 bits per heavy atom. The number of nitrogens with zero attached hydrogens (tertiary/aromatic N) is 2. The first-order chi connectivity index (χ1) is 17.2. The van der Waals surface area contributed by atoms with Gasteiger partial charge in [0.05, 0.1) is 11.3 Å². The van der Waals surface area contributed by atoms with Crippen molar-refractivity contribution in [1.29, 1.82) is 0 Å². The summed E-state index contributed by atoms with van der Waals surface area (Å²) in [5.74, 6) is -1.64. The van der Waals surface area contributed by atoms with Crippen molar-refractivity contribution >= 4 is 11.7 Å². The van der Waals surface area contributed by atoms with Crippen molar-refractivity contribution in [3.8, 4) is 0 Å². The van der Waals surface area contributed by atoms with Crippen molar-refractivity contribution in [3.63, 3.8) is 0 Å². The molecule has 5 nitrogen and oxygen atoms in total. The van der Waals surface area contributed by atoms with Crippen LogP contribution >= 0.6 is 0 Å². The van der Waals surface area contributed by atoms with Gasteiger partial charge >= 0.3 is 6.18 Å². The molecule has 0 saturated heterocycles. The van der Waals surface area contributed by atoms with E-state index in [-0.39, 0.29) is 28.9 Å². The van der Waals surface area contributed by atoms with Crippen molar-refractivity contribution in [1.82, 2.24) is 15.5 Å². The Hall–Kier alpha value is -3.62. The molecule has 9 heteroatoms. The van der Waals surface area contributed by atoms with Crippen LogP contribution in [0.5, 0.6) is 0 Å². The van der Waals surface area contributed by atoms with Crippen LogP contribution in [0.15, 0.2) is 60.7 Å². The van der Waals surface area contributed by atoms with Gasteiger partial charge in [-0.1, -0.05) is 30.3 Å². The number of carbonyl (C=O) groups is 2. The summed E-state index contributed by atoms with van der Waals surface area (Å²) in [6.07, 6.45) is -1.99. The molecule has 0 atom stereocenters. The van der Waals surface area contributed by atoms with Crippen LogP contribution in [0.3, 0.4) is 0 Å². The van der Waals surface area contributed by atoms with E-state index in [9.17, 15) is 27.2 Å². The lowest BCUT2D eigenvalue weighted by atomic mass is 9.77. The lowest BCUT2D eigenvalue weighted by Gasteiger charge is -2.27. The van der Waals surface area contributed by atoms with Crippen LogP contribution in [-0.4, -0.2) is 28.4 Å². The summed E-state index contributed by atoms with van der Waals surface area (Å²) >= 11 is 0. The van der Waals surface area contributed by atoms with E-state index in [2.05, 4.69) is 15.5 Å². The number of carbonyl (C=O) groups excluding carboxylic acids is 2. The number of ketones is 1. The molecule has 3 aromatic rings. The second kappa shape index (κ2) is 11.0. The van der Waals surface area contributed by atoms with Crippen LogP contribution in [0, 0.1) is 11.7 Å². The van der Waals surface area contributed by atoms with E-state index >= 15 is 0 Å². The maximum Gasteiger partial charge on any atom is 0.417 e. The molecule has 1 saturated carbocycles. The molecular formula is C27H25F4N3O2. The van der Waals surface area contributed by atoms with Gasteiger partial charge in [0, 0.05) is 23.9 Å². The van der Waals surface area contributed by atoms with E-state index in [0.717, 1.165) is 11.6 Å². The first kappa shape index (κ1) is 25.5. The van der Waals surface area contributed by atoms with E-state index in [1.54, 1.807) is 24.3 Å². The molecular weight excluding hydrogens is 474 g/mol. The third-order valence-corrected chi connectivity index (χ3v) is 6.52. The van der Waals surface area contributed by atoms with Crippen molar-refractivity contribution in [2.45, 2.75) is 44.2 Å². The van der Waals surface area contributed by atoms with Gasteiger partial charge in [-0.05, 0) is 68.0 Å². The van der Waals surface area contributed by atoms with Gasteiger partial charge < -0.3 is 5.32 Å². The summed E-state index contributed by atoms with van der Waals surface area (Å²) in [5, 5.41) is 10.9. The first-order valence-corrected chi connectivity index (χ1v) is 11.8. The molecule has 36 heavy (non-hydrogen) atoms. The fourth-order valence-electron chi connectivity index (χ4n) is 4.60. The van der Waals surface area contributed by atoms with Crippen LogP contribution in [0.2, 0.25) is 0 Å². The number of amides is 1. The summed E-state index contributed by atoms with van der Waals surface area (Å²) in [4.78, 5) is 25.2. The zero-order chi connectivity index (χ0) is 25.7. The minimum atomic E-state index is -4.58. The number of aromatic nitrogens is 2. The Morgan fingerprint density at radius 1 is 0.917 bits per heavy atom. The Balaban J connectivity index is 1.30. The second-order valence-corrected chi connectivity index (χ2v) is 8.94. The maximum atomic E-state index is 13.3. The van der Waals surface area contributed by atoms with E-state index in [1.165, 1.54) is 30.3 Å². The number of alkyl halides is 3. The van der Waals surface area contributed by atoms with E-state index in [1.807, 2.05) is 0 Å². The average molecular weight is 500 g/mol. The number of rotatable bonds is 7. The lowest BCUT2D eigenvalue weighted by molar-refractivity contribution is -0.138. The first-order valence-electron chi connectivity index (χ1n) is 11.8. The number of nitrogens with one attached hydrogen (secondary N) is 1. The SMILES string of the molecule is O=C(NCCc1cccc(F)c1)c1ccc(C2CCC(C(=O)c3ccccc3C(F)(F)F)CC2)nn1. The average Bonchev–Trinajstić information content (AvgIpc) is 2.88. The van der Waals surface area contributed by atoms with Crippen molar-refractivity contribution < 1.29 is 27.2 Å². The summed E-state index contributed by atoms with van der Waals surface area (Å²) in [5.41, 5.74) is 0.444. The van der Waals surface area contributed by atoms with Crippen molar-refractivity contribution in [2.75, 3.05) is 6.54 Å². The van der Waals surface area contributed by atoms with Gasteiger partial charge in [0.1, 0.15) is 5.82 Å². The van der Waals surface area contributed by atoms with Gasteiger partial charge in [0.2, 0.25) is 0 Å². The third kappa shape index (κ3) is 6.13. The molecule has 1 aliphatic carbocycles. The smallest absolute Gasteiger partial charge is 0.350 e. The van der Waals surface area contributed by atoms with Crippen LogP contribution < -0.4 is 5.32 Å². The molecule has 188 valence electrons. The summed E-state index contributed by atoms with van der Waals surface area (Å²) < 4.78 is 53.1. The molecule has 0 bridgehead atoms. The number of halogens is 4. The highest BCUT2D eigenvalue weighted by Crippen LogP contribution is 2.38. The zero-order valence-corrected chi connectivity index (χ0v) is 19.4. The fraction of sp³-hybridized carbons (Fsp3) is 0.333. The molecule has 1 amide bonds.